The quantitative estimate of drug-likeness (QED) is 0.774. The number of allylic oxidation sites excluding steroid dienone is 1. The average Bonchev–Trinajstić information content (AvgIpc) is 2.60. The molecule has 3 N–H and O–H groups in total. The molecule has 0 atom stereocenters. The van der Waals surface area contributed by atoms with Gasteiger partial charge in [-0.25, -0.2) is 4.98 Å². The summed E-state index contributed by atoms with van der Waals surface area (Å²) in [6.45, 7) is 0.857. The van der Waals surface area contributed by atoms with E-state index in [0.29, 0.717) is 17.4 Å². The molecule has 0 bridgehead atoms. The molecule has 1 heterocycles. The smallest absolute Gasteiger partial charge is 0.242 e. The standard InChI is InChI=1S/C18H28N4O/c19-16-17(20-12-11-14-7-3-1-4-8-14)21-13-22-18(16)23-15-9-5-2-6-10-15/h7,13,15H,1-6,8-12,19H2,(H,20,21,22). The number of hydrogen-bond acceptors (Lipinski definition) is 5. The van der Waals surface area contributed by atoms with Crippen molar-refractivity contribution >= 4 is 11.5 Å². The molecular weight excluding hydrogens is 288 g/mol. The minimum absolute atomic E-state index is 0.251. The van der Waals surface area contributed by atoms with Crippen LogP contribution in [0.3, 0.4) is 0 Å². The lowest BCUT2D eigenvalue weighted by Crippen LogP contribution is -2.21. The topological polar surface area (TPSA) is 73.1 Å². The molecule has 23 heavy (non-hydrogen) atoms. The Morgan fingerprint density at radius 2 is 2.00 bits per heavy atom. The second-order valence-corrected chi connectivity index (χ2v) is 6.60. The molecule has 0 radical (unpaired) electrons. The van der Waals surface area contributed by atoms with Gasteiger partial charge in [0.05, 0.1) is 0 Å². The summed E-state index contributed by atoms with van der Waals surface area (Å²) in [5, 5.41) is 3.34. The number of hydrogen-bond donors (Lipinski definition) is 2. The number of nitrogens with zero attached hydrogens (tertiary/aromatic N) is 2. The summed E-state index contributed by atoms with van der Waals surface area (Å²) < 4.78 is 6.00. The van der Waals surface area contributed by atoms with Gasteiger partial charge in [0.1, 0.15) is 18.1 Å². The Hall–Kier alpha value is -1.78. The van der Waals surface area contributed by atoms with Gasteiger partial charge in [0.2, 0.25) is 5.88 Å². The molecule has 1 aromatic heterocycles. The van der Waals surface area contributed by atoms with Crippen molar-refractivity contribution in [3.05, 3.63) is 18.0 Å². The molecule has 0 saturated heterocycles. The third kappa shape index (κ3) is 4.60. The van der Waals surface area contributed by atoms with E-state index in [0.717, 1.165) is 25.8 Å². The van der Waals surface area contributed by atoms with Gasteiger partial charge >= 0.3 is 0 Å². The summed E-state index contributed by atoms with van der Waals surface area (Å²) in [7, 11) is 0. The van der Waals surface area contributed by atoms with E-state index in [9.17, 15) is 0 Å². The molecule has 126 valence electrons. The van der Waals surface area contributed by atoms with Crippen molar-refractivity contribution in [3.63, 3.8) is 0 Å². The average molecular weight is 316 g/mol. The molecule has 0 unspecified atom stereocenters. The molecule has 2 aliphatic carbocycles. The van der Waals surface area contributed by atoms with Gasteiger partial charge in [-0.05, 0) is 57.8 Å². The number of nitrogens with two attached hydrogens (primary N) is 1. The molecule has 1 saturated carbocycles. The van der Waals surface area contributed by atoms with Crippen molar-refractivity contribution in [2.75, 3.05) is 17.6 Å². The molecule has 1 fully saturated rings. The van der Waals surface area contributed by atoms with Gasteiger partial charge in [-0.1, -0.05) is 18.1 Å². The molecular formula is C18H28N4O. The lowest BCUT2D eigenvalue weighted by atomic mass is 9.97. The van der Waals surface area contributed by atoms with Gasteiger partial charge in [0, 0.05) is 6.54 Å². The molecule has 5 heteroatoms. The van der Waals surface area contributed by atoms with Gasteiger partial charge in [-0.3, -0.25) is 0 Å². The highest BCUT2D eigenvalue weighted by molar-refractivity contribution is 5.66. The van der Waals surface area contributed by atoms with Crippen LogP contribution in [-0.4, -0.2) is 22.6 Å². The highest BCUT2D eigenvalue weighted by Crippen LogP contribution is 2.29. The summed E-state index contributed by atoms with van der Waals surface area (Å²) in [5.74, 6) is 1.23. The Labute approximate surface area is 138 Å². The van der Waals surface area contributed by atoms with Crippen LogP contribution >= 0.6 is 0 Å². The van der Waals surface area contributed by atoms with Crippen LogP contribution in [0, 0.1) is 0 Å². The Bertz CT molecular complexity index is 538. The zero-order valence-corrected chi connectivity index (χ0v) is 13.9. The van der Waals surface area contributed by atoms with Crippen molar-refractivity contribution in [1.82, 2.24) is 9.97 Å². The van der Waals surface area contributed by atoms with Crippen LogP contribution in [0.15, 0.2) is 18.0 Å². The van der Waals surface area contributed by atoms with Gasteiger partial charge in [0.15, 0.2) is 5.82 Å². The second-order valence-electron chi connectivity index (χ2n) is 6.60. The number of ether oxygens (including phenoxy) is 1. The number of nitrogens with one attached hydrogen (secondary N) is 1. The summed E-state index contributed by atoms with van der Waals surface area (Å²) in [6.07, 6.45) is 16.3. The first-order valence-electron chi connectivity index (χ1n) is 9.02. The van der Waals surface area contributed by atoms with Gasteiger partial charge < -0.3 is 15.8 Å². The van der Waals surface area contributed by atoms with E-state index in [1.807, 2.05) is 0 Å². The Morgan fingerprint density at radius 1 is 1.13 bits per heavy atom. The molecule has 1 aromatic rings. The first-order chi connectivity index (χ1) is 11.3. The van der Waals surface area contributed by atoms with Crippen molar-refractivity contribution in [1.29, 1.82) is 0 Å². The third-order valence-corrected chi connectivity index (χ3v) is 4.80. The third-order valence-electron chi connectivity index (χ3n) is 4.80. The lowest BCUT2D eigenvalue weighted by molar-refractivity contribution is 0.149. The van der Waals surface area contributed by atoms with Crippen LogP contribution in [0.4, 0.5) is 11.5 Å². The fourth-order valence-corrected chi connectivity index (χ4v) is 3.43. The van der Waals surface area contributed by atoms with E-state index < -0.39 is 0 Å². The Kier molecular flexibility index (Phi) is 5.72. The molecule has 0 spiro atoms. The monoisotopic (exact) mass is 316 g/mol. The first-order valence-corrected chi connectivity index (χ1v) is 9.02. The van der Waals surface area contributed by atoms with E-state index in [1.165, 1.54) is 51.3 Å². The van der Waals surface area contributed by atoms with Crippen molar-refractivity contribution in [3.8, 4) is 5.88 Å². The predicted molar refractivity (Wildman–Crippen MR) is 93.6 cm³/mol. The Morgan fingerprint density at radius 3 is 2.78 bits per heavy atom. The van der Waals surface area contributed by atoms with E-state index >= 15 is 0 Å². The SMILES string of the molecule is Nc1c(NCCC2=CCCCC2)ncnc1OC1CCCCC1. The van der Waals surface area contributed by atoms with E-state index in [2.05, 4.69) is 21.4 Å². The fraction of sp³-hybridized carbons (Fsp3) is 0.667. The molecule has 2 aliphatic rings. The maximum atomic E-state index is 6.19. The molecule has 0 aliphatic heterocycles. The first kappa shape index (κ1) is 16.1. The second kappa shape index (κ2) is 8.18. The van der Waals surface area contributed by atoms with Gasteiger partial charge in [-0.2, -0.15) is 4.98 Å². The lowest BCUT2D eigenvalue weighted by Gasteiger charge is -2.23. The van der Waals surface area contributed by atoms with Crippen molar-refractivity contribution in [2.45, 2.75) is 70.3 Å². The number of nitrogen functional groups attached to an aromatic ring is 1. The number of anilines is 2. The number of rotatable bonds is 6. The summed E-state index contributed by atoms with van der Waals surface area (Å²) in [6, 6.07) is 0. The van der Waals surface area contributed by atoms with Crippen LogP contribution in [0.25, 0.3) is 0 Å². The molecule has 0 amide bonds. The minimum Gasteiger partial charge on any atom is -0.473 e. The molecule has 3 rings (SSSR count). The zero-order valence-electron chi connectivity index (χ0n) is 13.9. The molecule has 5 nitrogen and oxygen atoms in total. The van der Waals surface area contributed by atoms with Gasteiger partial charge in [0.25, 0.3) is 0 Å². The van der Waals surface area contributed by atoms with Crippen LogP contribution in [0.2, 0.25) is 0 Å². The predicted octanol–water partition coefficient (Wildman–Crippen LogP) is 4.07. The summed E-state index contributed by atoms with van der Waals surface area (Å²) >= 11 is 0. The minimum atomic E-state index is 0.251. The van der Waals surface area contributed by atoms with E-state index in [-0.39, 0.29) is 6.10 Å². The van der Waals surface area contributed by atoms with Gasteiger partial charge in [-0.15, -0.1) is 0 Å². The van der Waals surface area contributed by atoms with Crippen LogP contribution in [0.1, 0.15) is 64.2 Å². The highest BCUT2D eigenvalue weighted by Gasteiger charge is 2.18. The highest BCUT2D eigenvalue weighted by atomic mass is 16.5. The van der Waals surface area contributed by atoms with E-state index in [4.69, 9.17) is 10.5 Å². The maximum absolute atomic E-state index is 6.19. The summed E-state index contributed by atoms with van der Waals surface area (Å²) in [5.41, 5.74) is 8.28. The summed E-state index contributed by atoms with van der Waals surface area (Å²) in [4.78, 5) is 8.49. The van der Waals surface area contributed by atoms with E-state index in [1.54, 1.807) is 5.57 Å². The molecule has 0 aromatic carbocycles. The zero-order chi connectivity index (χ0) is 15.9. The maximum Gasteiger partial charge on any atom is 0.242 e. The van der Waals surface area contributed by atoms with Crippen LogP contribution in [-0.2, 0) is 0 Å². The van der Waals surface area contributed by atoms with Crippen LogP contribution in [0.5, 0.6) is 5.88 Å². The number of aromatic nitrogens is 2. The van der Waals surface area contributed by atoms with Crippen LogP contribution < -0.4 is 15.8 Å². The normalized spacial score (nSPS) is 19.2. The fourth-order valence-electron chi connectivity index (χ4n) is 3.43. The largest absolute Gasteiger partial charge is 0.473 e. The Balaban J connectivity index is 1.54. The van der Waals surface area contributed by atoms with Crippen molar-refractivity contribution < 1.29 is 4.74 Å². The van der Waals surface area contributed by atoms with Crippen molar-refractivity contribution in [2.24, 2.45) is 0 Å².